The molecule has 0 aromatic heterocycles. The minimum atomic E-state index is 0.753. The summed E-state index contributed by atoms with van der Waals surface area (Å²) < 4.78 is 0. The smallest absolute Gasteiger partial charge is 0.0372 e. The standard InChI is InChI=1S/C12H20N2/c1-2-6-11-7-3-4-8-12(11)14-10-5-9-13/h3-4,7-8,14H,2,5-6,9-10,13H2,1H3. The van der Waals surface area contributed by atoms with Gasteiger partial charge in [0.05, 0.1) is 0 Å². The van der Waals surface area contributed by atoms with Gasteiger partial charge < -0.3 is 11.1 Å². The lowest BCUT2D eigenvalue weighted by molar-refractivity contribution is 0.867. The van der Waals surface area contributed by atoms with Crippen molar-refractivity contribution in [3.8, 4) is 0 Å². The Morgan fingerprint density at radius 3 is 2.79 bits per heavy atom. The zero-order valence-electron chi connectivity index (χ0n) is 8.92. The van der Waals surface area contributed by atoms with Crippen LogP contribution in [-0.2, 0) is 6.42 Å². The van der Waals surface area contributed by atoms with Crippen molar-refractivity contribution in [2.45, 2.75) is 26.2 Å². The highest BCUT2D eigenvalue weighted by Crippen LogP contribution is 2.16. The van der Waals surface area contributed by atoms with E-state index in [2.05, 4.69) is 36.5 Å². The third-order valence-electron chi connectivity index (χ3n) is 2.23. The van der Waals surface area contributed by atoms with Crippen molar-refractivity contribution in [2.75, 3.05) is 18.4 Å². The molecule has 0 radical (unpaired) electrons. The average Bonchev–Trinajstić information content (AvgIpc) is 2.21. The molecule has 0 fully saturated rings. The van der Waals surface area contributed by atoms with Crippen LogP contribution in [0.3, 0.4) is 0 Å². The van der Waals surface area contributed by atoms with Gasteiger partial charge in [0, 0.05) is 12.2 Å². The topological polar surface area (TPSA) is 38.0 Å². The van der Waals surface area contributed by atoms with Gasteiger partial charge in [0.1, 0.15) is 0 Å². The molecule has 0 amide bonds. The number of hydrogen-bond donors (Lipinski definition) is 2. The summed E-state index contributed by atoms with van der Waals surface area (Å²) in [6, 6.07) is 8.50. The van der Waals surface area contributed by atoms with E-state index >= 15 is 0 Å². The van der Waals surface area contributed by atoms with Gasteiger partial charge in [-0.2, -0.15) is 0 Å². The molecule has 1 aromatic rings. The Bertz CT molecular complexity index is 258. The van der Waals surface area contributed by atoms with E-state index in [-0.39, 0.29) is 0 Å². The lowest BCUT2D eigenvalue weighted by Gasteiger charge is -2.10. The Balaban J connectivity index is 2.55. The first kappa shape index (κ1) is 11.1. The molecule has 2 heteroatoms. The van der Waals surface area contributed by atoms with Crippen molar-refractivity contribution in [2.24, 2.45) is 5.73 Å². The van der Waals surface area contributed by atoms with Gasteiger partial charge in [0.15, 0.2) is 0 Å². The van der Waals surface area contributed by atoms with Crippen LogP contribution in [-0.4, -0.2) is 13.1 Å². The van der Waals surface area contributed by atoms with Gasteiger partial charge in [-0.3, -0.25) is 0 Å². The molecule has 78 valence electrons. The van der Waals surface area contributed by atoms with E-state index in [1.54, 1.807) is 0 Å². The molecule has 14 heavy (non-hydrogen) atoms. The highest BCUT2D eigenvalue weighted by atomic mass is 14.9. The second kappa shape index (κ2) is 6.44. The molecular formula is C12H20N2. The first-order chi connectivity index (χ1) is 6.88. The van der Waals surface area contributed by atoms with Crippen molar-refractivity contribution in [1.82, 2.24) is 0 Å². The fraction of sp³-hybridized carbons (Fsp3) is 0.500. The predicted octanol–water partition coefficient (Wildman–Crippen LogP) is 2.40. The molecule has 2 nitrogen and oxygen atoms in total. The summed E-state index contributed by atoms with van der Waals surface area (Å²) in [6.45, 7) is 3.93. The van der Waals surface area contributed by atoms with Crippen molar-refractivity contribution in [3.63, 3.8) is 0 Å². The highest BCUT2D eigenvalue weighted by molar-refractivity contribution is 5.51. The van der Waals surface area contributed by atoms with E-state index in [1.807, 2.05) is 0 Å². The molecule has 0 bridgehead atoms. The zero-order valence-corrected chi connectivity index (χ0v) is 8.92. The second-order valence-corrected chi connectivity index (χ2v) is 3.48. The maximum atomic E-state index is 5.45. The van der Waals surface area contributed by atoms with E-state index in [0.717, 1.165) is 25.9 Å². The minimum absolute atomic E-state index is 0.753. The third-order valence-corrected chi connectivity index (χ3v) is 2.23. The molecule has 0 saturated carbocycles. The summed E-state index contributed by atoms with van der Waals surface area (Å²) >= 11 is 0. The van der Waals surface area contributed by atoms with Crippen LogP contribution in [0, 0.1) is 0 Å². The van der Waals surface area contributed by atoms with Crippen molar-refractivity contribution >= 4 is 5.69 Å². The van der Waals surface area contributed by atoms with Crippen molar-refractivity contribution in [3.05, 3.63) is 29.8 Å². The van der Waals surface area contributed by atoms with Gasteiger partial charge in [-0.15, -0.1) is 0 Å². The molecule has 0 saturated heterocycles. The molecule has 0 aliphatic heterocycles. The van der Waals surface area contributed by atoms with Crippen LogP contribution in [0.4, 0.5) is 5.69 Å². The monoisotopic (exact) mass is 192 g/mol. The van der Waals surface area contributed by atoms with Gasteiger partial charge in [-0.1, -0.05) is 31.5 Å². The number of aryl methyl sites for hydroxylation is 1. The van der Waals surface area contributed by atoms with E-state index in [0.29, 0.717) is 0 Å². The Labute approximate surface area is 86.5 Å². The fourth-order valence-corrected chi connectivity index (χ4v) is 1.51. The zero-order chi connectivity index (χ0) is 10.2. The highest BCUT2D eigenvalue weighted by Gasteiger charge is 1.98. The minimum Gasteiger partial charge on any atom is -0.385 e. The van der Waals surface area contributed by atoms with Gasteiger partial charge in [-0.05, 0) is 31.0 Å². The SMILES string of the molecule is CCCc1ccccc1NCCCN. The number of anilines is 1. The lowest BCUT2D eigenvalue weighted by Crippen LogP contribution is -2.09. The molecule has 0 atom stereocenters. The number of rotatable bonds is 6. The Hall–Kier alpha value is -1.02. The normalized spacial score (nSPS) is 10.1. The number of para-hydroxylation sites is 1. The average molecular weight is 192 g/mol. The molecule has 0 aliphatic rings. The van der Waals surface area contributed by atoms with Crippen LogP contribution in [0.2, 0.25) is 0 Å². The number of hydrogen-bond acceptors (Lipinski definition) is 2. The number of benzene rings is 1. The molecule has 0 unspecified atom stereocenters. The van der Waals surface area contributed by atoms with E-state index in [1.165, 1.54) is 17.7 Å². The quantitative estimate of drug-likeness (QED) is 0.679. The largest absolute Gasteiger partial charge is 0.385 e. The number of nitrogens with one attached hydrogen (secondary N) is 1. The molecule has 1 aromatic carbocycles. The fourth-order valence-electron chi connectivity index (χ4n) is 1.51. The lowest BCUT2D eigenvalue weighted by atomic mass is 10.1. The summed E-state index contributed by atoms with van der Waals surface area (Å²) in [5.41, 5.74) is 8.13. The Morgan fingerprint density at radius 2 is 2.07 bits per heavy atom. The summed E-state index contributed by atoms with van der Waals surface area (Å²) in [7, 11) is 0. The first-order valence-electron chi connectivity index (χ1n) is 5.40. The van der Waals surface area contributed by atoms with Gasteiger partial charge in [-0.25, -0.2) is 0 Å². The third kappa shape index (κ3) is 3.38. The molecule has 1 rings (SSSR count). The van der Waals surface area contributed by atoms with Crippen LogP contribution in [0.15, 0.2) is 24.3 Å². The Morgan fingerprint density at radius 1 is 1.29 bits per heavy atom. The predicted molar refractivity (Wildman–Crippen MR) is 62.6 cm³/mol. The molecule has 3 N–H and O–H groups in total. The number of nitrogens with two attached hydrogens (primary N) is 1. The Kier molecular flexibility index (Phi) is 5.08. The van der Waals surface area contributed by atoms with Crippen LogP contribution >= 0.6 is 0 Å². The molecular weight excluding hydrogens is 172 g/mol. The van der Waals surface area contributed by atoms with E-state index < -0.39 is 0 Å². The summed E-state index contributed by atoms with van der Waals surface area (Å²) in [5, 5.41) is 3.42. The van der Waals surface area contributed by atoms with Crippen LogP contribution in [0.25, 0.3) is 0 Å². The first-order valence-corrected chi connectivity index (χ1v) is 5.40. The maximum absolute atomic E-state index is 5.45. The van der Waals surface area contributed by atoms with Crippen LogP contribution in [0.1, 0.15) is 25.3 Å². The van der Waals surface area contributed by atoms with Gasteiger partial charge in [0.25, 0.3) is 0 Å². The van der Waals surface area contributed by atoms with Crippen molar-refractivity contribution < 1.29 is 0 Å². The second-order valence-electron chi connectivity index (χ2n) is 3.48. The van der Waals surface area contributed by atoms with E-state index in [9.17, 15) is 0 Å². The molecule has 0 heterocycles. The summed E-state index contributed by atoms with van der Waals surface area (Å²) in [5.74, 6) is 0. The summed E-state index contributed by atoms with van der Waals surface area (Å²) in [6.07, 6.45) is 3.36. The van der Waals surface area contributed by atoms with Crippen LogP contribution < -0.4 is 11.1 Å². The van der Waals surface area contributed by atoms with Gasteiger partial charge >= 0.3 is 0 Å². The van der Waals surface area contributed by atoms with Crippen molar-refractivity contribution in [1.29, 1.82) is 0 Å². The summed E-state index contributed by atoms with van der Waals surface area (Å²) in [4.78, 5) is 0. The van der Waals surface area contributed by atoms with Gasteiger partial charge in [0.2, 0.25) is 0 Å². The molecule has 0 spiro atoms. The maximum Gasteiger partial charge on any atom is 0.0372 e. The molecule has 0 aliphatic carbocycles. The van der Waals surface area contributed by atoms with Crippen LogP contribution in [0.5, 0.6) is 0 Å². The van der Waals surface area contributed by atoms with E-state index in [4.69, 9.17) is 5.73 Å².